The Hall–Kier alpha value is -1.10. The van der Waals surface area contributed by atoms with Crippen molar-refractivity contribution in [3.63, 3.8) is 0 Å². The Balaban J connectivity index is 2.08. The summed E-state index contributed by atoms with van der Waals surface area (Å²) in [7, 11) is 0. The Morgan fingerprint density at radius 1 is 1.39 bits per heavy atom. The number of hydrogen-bond donors (Lipinski definition) is 2. The van der Waals surface area contributed by atoms with Crippen molar-refractivity contribution >= 4 is 23.2 Å². The summed E-state index contributed by atoms with van der Waals surface area (Å²) >= 11 is 12.1. The van der Waals surface area contributed by atoms with Crippen LogP contribution in [0.3, 0.4) is 0 Å². The zero-order valence-electron chi connectivity index (χ0n) is 9.95. The molecule has 4 nitrogen and oxygen atoms in total. The molecule has 0 saturated carbocycles. The monoisotopic (exact) mass is 284 g/mol. The third-order valence-electron chi connectivity index (χ3n) is 2.73. The van der Waals surface area contributed by atoms with E-state index in [4.69, 9.17) is 23.2 Å². The lowest BCUT2D eigenvalue weighted by Gasteiger charge is -2.18. The standard InChI is InChI=1S/C12H14Cl2N4/c1-2-11(15-6-12-16-7-17-18-12)9-4-3-8(13)5-10(9)14/h3-5,7,11,15H,2,6H2,1H3,(H,16,17,18). The van der Waals surface area contributed by atoms with Crippen molar-refractivity contribution in [1.29, 1.82) is 0 Å². The van der Waals surface area contributed by atoms with Gasteiger partial charge in [-0.25, -0.2) is 4.98 Å². The molecule has 0 aliphatic rings. The average Bonchev–Trinajstić information content (AvgIpc) is 2.85. The van der Waals surface area contributed by atoms with Gasteiger partial charge in [0.05, 0.1) is 6.54 Å². The molecule has 1 heterocycles. The molecule has 18 heavy (non-hydrogen) atoms. The van der Waals surface area contributed by atoms with E-state index in [2.05, 4.69) is 27.4 Å². The van der Waals surface area contributed by atoms with Crippen molar-refractivity contribution in [2.45, 2.75) is 25.9 Å². The van der Waals surface area contributed by atoms with Crippen molar-refractivity contribution in [2.24, 2.45) is 0 Å². The maximum absolute atomic E-state index is 6.20. The molecule has 0 saturated heterocycles. The van der Waals surface area contributed by atoms with Gasteiger partial charge in [-0.15, -0.1) is 0 Å². The number of nitrogens with one attached hydrogen (secondary N) is 2. The van der Waals surface area contributed by atoms with Crippen molar-refractivity contribution < 1.29 is 0 Å². The summed E-state index contributed by atoms with van der Waals surface area (Å²) in [4.78, 5) is 4.07. The highest BCUT2D eigenvalue weighted by Crippen LogP contribution is 2.28. The Morgan fingerprint density at radius 3 is 2.83 bits per heavy atom. The lowest BCUT2D eigenvalue weighted by molar-refractivity contribution is 0.509. The highest BCUT2D eigenvalue weighted by atomic mass is 35.5. The lowest BCUT2D eigenvalue weighted by Crippen LogP contribution is -2.21. The van der Waals surface area contributed by atoms with Crippen LogP contribution < -0.4 is 5.32 Å². The number of nitrogens with zero attached hydrogens (tertiary/aromatic N) is 2. The number of aromatic amines is 1. The lowest BCUT2D eigenvalue weighted by atomic mass is 10.0. The predicted octanol–water partition coefficient (Wildman–Crippen LogP) is 3.35. The predicted molar refractivity (Wildman–Crippen MR) is 72.7 cm³/mol. The Morgan fingerprint density at radius 2 is 2.22 bits per heavy atom. The minimum Gasteiger partial charge on any atom is -0.303 e. The number of benzene rings is 1. The maximum Gasteiger partial charge on any atom is 0.138 e. The van der Waals surface area contributed by atoms with Gasteiger partial charge in [-0.05, 0) is 24.1 Å². The molecule has 2 N–H and O–H groups in total. The summed E-state index contributed by atoms with van der Waals surface area (Å²) in [5.74, 6) is 0.804. The van der Waals surface area contributed by atoms with Crippen LogP contribution >= 0.6 is 23.2 Å². The first-order chi connectivity index (χ1) is 8.70. The average molecular weight is 285 g/mol. The fourth-order valence-electron chi connectivity index (χ4n) is 1.79. The molecule has 1 aromatic heterocycles. The van der Waals surface area contributed by atoms with E-state index in [1.165, 1.54) is 6.33 Å². The molecule has 2 aromatic rings. The summed E-state index contributed by atoms with van der Waals surface area (Å²) < 4.78 is 0. The molecule has 0 aliphatic heterocycles. The van der Waals surface area contributed by atoms with Gasteiger partial charge in [0.15, 0.2) is 0 Å². The summed E-state index contributed by atoms with van der Waals surface area (Å²) in [6, 6.07) is 5.73. The molecular weight excluding hydrogens is 271 g/mol. The van der Waals surface area contributed by atoms with Crippen molar-refractivity contribution in [3.8, 4) is 0 Å². The molecule has 2 rings (SSSR count). The van der Waals surface area contributed by atoms with Gasteiger partial charge in [0.1, 0.15) is 12.2 Å². The van der Waals surface area contributed by atoms with E-state index in [1.807, 2.05) is 12.1 Å². The Kier molecular flexibility index (Phi) is 4.58. The molecule has 6 heteroatoms. The molecule has 96 valence electrons. The SMILES string of the molecule is CCC(NCc1ncn[nH]1)c1ccc(Cl)cc1Cl. The smallest absolute Gasteiger partial charge is 0.138 e. The van der Waals surface area contributed by atoms with Gasteiger partial charge in [0.25, 0.3) is 0 Å². The fraction of sp³-hybridized carbons (Fsp3) is 0.333. The molecule has 0 bridgehead atoms. The van der Waals surface area contributed by atoms with Crippen LogP contribution in [0.4, 0.5) is 0 Å². The van der Waals surface area contributed by atoms with Crippen LogP contribution in [-0.2, 0) is 6.54 Å². The number of halogens is 2. The summed E-state index contributed by atoms with van der Waals surface area (Å²) in [6.07, 6.45) is 2.42. The van der Waals surface area contributed by atoms with Gasteiger partial charge in [-0.1, -0.05) is 36.2 Å². The van der Waals surface area contributed by atoms with E-state index in [1.54, 1.807) is 6.07 Å². The van der Waals surface area contributed by atoms with E-state index in [-0.39, 0.29) is 6.04 Å². The maximum atomic E-state index is 6.20. The third kappa shape index (κ3) is 3.22. The summed E-state index contributed by atoms with van der Waals surface area (Å²) in [5.41, 5.74) is 1.04. The Labute approximate surface area is 116 Å². The van der Waals surface area contributed by atoms with Gasteiger partial charge in [-0.3, -0.25) is 5.10 Å². The van der Waals surface area contributed by atoms with Crippen molar-refractivity contribution in [3.05, 3.63) is 46.0 Å². The second-order valence-electron chi connectivity index (χ2n) is 3.94. The first kappa shape index (κ1) is 13.3. The van der Waals surface area contributed by atoms with Crippen LogP contribution in [0.2, 0.25) is 10.0 Å². The third-order valence-corrected chi connectivity index (χ3v) is 3.29. The van der Waals surface area contributed by atoms with Gasteiger partial charge in [0.2, 0.25) is 0 Å². The van der Waals surface area contributed by atoms with E-state index in [0.29, 0.717) is 16.6 Å². The quantitative estimate of drug-likeness (QED) is 0.885. The van der Waals surface area contributed by atoms with E-state index < -0.39 is 0 Å². The van der Waals surface area contributed by atoms with Gasteiger partial charge >= 0.3 is 0 Å². The van der Waals surface area contributed by atoms with Gasteiger partial charge in [0, 0.05) is 16.1 Å². The van der Waals surface area contributed by atoms with Crippen LogP contribution in [0.25, 0.3) is 0 Å². The van der Waals surface area contributed by atoms with Crippen LogP contribution in [0.5, 0.6) is 0 Å². The topological polar surface area (TPSA) is 53.6 Å². The second kappa shape index (κ2) is 6.18. The Bertz CT molecular complexity index is 499. The van der Waals surface area contributed by atoms with E-state index >= 15 is 0 Å². The molecule has 0 aliphatic carbocycles. The number of hydrogen-bond acceptors (Lipinski definition) is 3. The molecule has 0 amide bonds. The fourth-order valence-corrected chi connectivity index (χ4v) is 2.33. The molecule has 1 atom stereocenters. The molecule has 0 radical (unpaired) electrons. The van der Waals surface area contributed by atoms with Crippen LogP contribution in [-0.4, -0.2) is 15.2 Å². The molecule has 1 aromatic carbocycles. The minimum absolute atomic E-state index is 0.167. The van der Waals surface area contributed by atoms with Crippen molar-refractivity contribution in [2.75, 3.05) is 0 Å². The molecular formula is C12H14Cl2N4. The first-order valence-corrected chi connectivity index (χ1v) is 6.49. The van der Waals surface area contributed by atoms with E-state index in [0.717, 1.165) is 17.8 Å². The number of aromatic nitrogens is 3. The largest absolute Gasteiger partial charge is 0.303 e. The highest BCUT2D eigenvalue weighted by Gasteiger charge is 2.13. The summed E-state index contributed by atoms with van der Waals surface area (Å²) in [5, 5.41) is 11.3. The van der Waals surface area contributed by atoms with Crippen LogP contribution in [0.1, 0.15) is 30.8 Å². The van der Waals surface area contributed by atoms with Gasteiger partial charge in [-0.2, -0.15) is 5.10 Å². The number of H-pyrrole nitrogens is 1. The molecule has 1 unspecified atom stereocenters. The van der Waals surface area contributed by atoms with Crippen molar-refractivity contribution in [1.82, 2.24) is 20.5 Å². The molecule has 0 fully saturated rings. The second-order valence-corrected chi connectivity index (χ2v) is 4.78. The zero-order chi connectivity index (χ0) is 13.0. The van der Waals surface area contributed by atoms with E-state index in [9.17, 15) is 0 Å². The first-order valence-electron chi connectivity index (χ1n) is 5.73. The normalized spacial score (nSPS) is 12.6. The number of rotatable bonds is 5. The van der Waals surface area contributed by atoms with Gasteiger partial charge < -0.3 is 5.32 Å². The molecule has 0 spiro atoms. The zero-order valence-corrected chi connectivity index (χ0v) is 11.5. The van der Waals surface area contributed by atoms with Crippen LogP contribution in [0.15, 0.2) is 24.5 Å². The minimum atomic E-state index is 0.167. The summed E-state index contributed by atoms with van der Waals surface area (Å²) in [6.45, 7) is 2.72. The van der Waals surface area contributed by atoms with Crippen LogP contribution in [0, 0.1) is 0 Å². The highest BCUT2D eigenvalue weighted by molar-refractivity contribution is 6.35.